The first-order chi connectivity index (χ1) is 14.8. The second kappa shape index (κ2) is 11.7. The van der Waals surface area contributed by atoms with E-state index in [1.807, 2.05) is 0 Å². The molecule has 9 heteroatoms. The minimum absolute atomic E-state index is 0.0748. The molecule has 0 bridgehead atoms. The number of hydrogen-bond acceptors (Lipinski definition) is 5. The molecule has 31 heavy (non-hydrogen) atoms. The third-order valence-corrected chi connectivity index (χ3v) is 6.79. The van der Waals surface area contributed by atoms with Crippen molar-refractivity contribution in [2.75, 3.05) is 42.1 Å². The predicted molar refractivity (Wildman–Crippen MR) is 123 cm³/mol. The predicted octanol–water partition coefficient (Wildman–Crippen LogP) is 4.12. The van der Waals surface area contributed by atoms with Gasteiger partial charge < -0.3 is 16.0 Å². The van der Waals surface area contributed by atoms with Crippen molar-refractivity contribution in [3.8, 4) is 0 Å². The number of carbonyl (C=O) groups is 1. The van der Waals surface area contributed by atoms with E-state index in [1.54, 1.807) is 32.0 Å². The van der Waals surface area contributed by atoms with Gasteiger partial charge in [-0.25, -0.2) is 12.8 Å². The molecule has 0 spiro atoms. The molecule has 7 nitrogen and oxygen atoms in total. The molecular weight excluding hydrogens is 419 g/mol. The Labute approximate surface area is 184 Å². The molecule has 0 atom stereocenters. The van der Waals surface area contributed by atoms with Crippen LogP contribution in [0.5, 0.6) is 0 Å². The van der Waals surface area contributed by atoms with Gasteiger partial charge in [-0.15, -0.1) is 0 Å². The summed E-state index contributed by atoms with van der Waals surface area (Å²) in [5.74, 6) is -0.715. The molecule has 0 heterocycles. The third kappa shape index (κ3) is 6.93. The van der Waals surface area contributed by atoms with Crippen LogP contribution in [0.3, 0.4) is 0 Å². The number of amides is 1. The van der Waals surface area contributed by atoms with Gasteiger partial charge >= 0.3 is 0 Å². The summed E-state index contributed by atoms with van der Waals surface area (Å²) in [5, 5.41) is 8.99. The lowest BCUT2D eigenvalue weighted by molar-refractivity contribution is -0.114. The number of nitrogens with one attached hydrogen (secondary N) is 3. The Bertz CT molecular complexity index is 961. The highest BCUT2D eigenvalue weighted by atomic mass is 32.2. The summed E-state index contributed by atoms with van der Waals surface area (Å²) in [6.45, 7) is 7.07. The minimum Gasteiger partial charge on any atom is -0.383 e. The monoisotopic (exact) mass is 450 g/mol. The van der Waals surface area contributed by atoms with E-state index < -0.39 is 10.0 Å². The first kappa shape index (κ1) is 24.6. The van der Waals surface area contributed by atoms with E-state index in [9.17, 15) is 17.6 Å². The van der Waals surface area contributed by atoms with Crippen molar-refractivity contribution in [1.82, 2.24) is 4.31 Å². The molecule has 0 fully saturated rings. The average Bonchev–Trinajstić information content (AvgIpc) is 2.75. The molecule has 0 saturated heterocycles. The lowest BCUT2D eigenvalue weighted by Gasteiger charge is -2.20. The summed E-state index contributed by atoms with van der Waals surface area (Å²) in [4.78, 5) is 12.5. The van der Waals surface area contributed by atoms with Gasteiger partial charge in [0, 0.05) is 25.3 Å². The van der Waals surface area contributed by atoms with Gasteiger partial charge in [-0.3, -0.25) is 4.79 Å². The number of hydrogen-bond donors (Lipinski definition) is 3. The smallest absolute Gasteiger partial charge is 0.243 e. The Kier molecular flexibility index (Phi) is 9.26. The van der Waals surface area contributed by atoms with E-state index in [2.05, 4.69) is 22.9 Å². The van der Waals surface area contributed by atoms with E-state index in [0.29, 0.717) is 24.5 Å². The van der Waals surface area contributed by atoms with E-state index in [4.69, 9.17) is 0 Å². The van der Waals surface area contributed by atoms with Crippen molar-refractivity contribution in [2.45, 2.75) is 38.5 Å². The van der Waals surface area contributed by atoms with Crippen molar-refractivity contribution in [3.05, 3.63) is 48.3 Å². The molecule has 0 aliphatic rings. The highest BCUT2D eigenvalue weighted by Crippen LogP contribution is 2.27. The molecule has 3 N–H and O–H groups in total. The fraction of sp³-hybridized carbons (Fsp3) is 0.409. The third-order valence-electron chi connectivity index (χ3n) is 4.75. The molecule has 2 aromatic carbocycles. The highest BCUT2D eigenvalue weighted by Gasteiger charge is 2.22. The Balaban J connectivity index is 2.20. The molecule has 0 aliphatic carbocycles. The zero-order valence-electron chi connectivity index (χ0n) is 18.2. The van der Waals surface area contributed by atoms with Gasteiger partial charge in [-0.2, -0.15) is 4.31 Å². The lowest BCUT2D eigenvalue weighted by atomic mass is 10.2. The molecule has 0 aliphatic heterocycles. The van der Waals surface area contributed by atoms with Crippen LogP contribution >= 0.6 is 0 Å². The molecule has 0 radical (unpaired) electrons. The fourth-order valence-corrected chi connectivity index (χ4v) is 4.50. The molecule has 0 unspecified atom stereocenters. The van der Waals surface area contributed by atoms with E-state index in [-0.39, 0.29) is 23.2 Å². The second-order valence-corrected chi connectivity index (χ2v) is 8.92. The van der Waals surface area contributed by atoms with Crippen LogP contribution in [0.1, 0.15) is 33.6 Å². The van der Waals surface area contributed by atoms with Crippen molar-refractivity contribution in [2.24, 2.45) is 0 Å². The van der Waals surface area contributed by atoms with Crippen molar-refractivity contribution in [1.29, 1.82) is 0 Å². The van der Waals surface area contributed by atoms with Crippen LogP contribution in [0.4, 0.5) is 21.5 Å². The fourth-order valence-electron chi connectivity index (χ4n) is 3.01. The summed E-state index contributed by atoms with van der Waals surface area (Å²) in [5.41, 5.74) is 1.73. The molecule has 1 amide bonds. The molecular formula is C22H31FN4O3S. The summed E-state index contributed by atoms with van der Waals surface area (Å²) in [6, 6.07) is 10.3. The van der Waals surface area contributed by atoms with Gasteiger partial charge in [0.2, 0.25) is 15.9 Å². The maximum atomic E-state index is 13.0. The Morgan fingerprint density at radius 1 is 0.968 bits per heavy atom. The molecule has 0 aromatic heterocycles. The average molecular weight is 451 g/mol. The zero-order chi connectivity index (χ0) is 22.9. The Morgan fingerprint density at radius 3 is 2.26 bits per heavy atom. The molecule has 2 aromatic rings. The number of benzene rings is 2. The quantitative estimate of drug-likeness (QED) is 0.423. The van der Waals surface area contributed by atoms with Gasteiger partial charge in [0.15, 0.2) is 0 Å². The zero-order valence-corrected chi connectivity index (χ0v) is 19.1. The van der Waals surface area contributed by atoms with E-state index >= 15 is 0 Å². The number of nitrogens with zero attached hydrogens (tertiary/aromatic N) is 1. The van der Waals surface area contributed by atoms with Crippen LogP contribution in [-0.2, 0) is 14.8 Å². The van der Waals surface area contributed by atoms with Crippen molar-refractivity contribution in [3.63, 3.8) is 0 Å². The standard InChI is InChI=1S/C22H31FN4O3S/c1-4-7-14-24-20-13-12-19(31(29,30)27(5-2)6-3)15-21(20)25-16-22(28)26-18-10-8-17(23)9-11-18/h8-13,15,24-25H,4-7,14,16H2,1-3H3,(H,26,28). The number of halogens is 1. The number of carbonyl (C=O) groups excluding carboxylic acids is 1. The van der Waals surface area contributed by atoms with Crippen molar-refractivity contribution < 1.29 is 17.6 Å². The first-order valence-electron chi connectivity index (χ1n) is 10.5. The molecule has 0 saturated carbocycles. The first-order valence-corrected chi connectivity index (χ1v) is 11.9. The van der Waals surface area contributed by atoms with E-state index in [0.717, 1.165) is 25.1 Å². The normalized spacial score (nSPS) is 11.4. The van der Waals surface area contributed by atoms with Gasteiger partial charge in [-0.1, -0.05) is 27.2 Å². The summed E-state index contributed by atoms with van der Waals surface area (Å²) >= 11 is 0. The number of anilines is 3. The number of rotatable bonds is 12. The van der Waals surface area contributed by atoms with Crippen LogP contribution in [0.25, 0.3) is 0 Å². The van der Waals surface area contributed by atoms with E-state index in [1.165, 1.54) is 28.6 Å². The van der Waals surface area contributed by atoms with Gasteiger partial charge in [0.05, 0.1) is 22.8 Å². The van der Waals surface area contributed by atoms with Crippen LogP contribution < -0.4 is 16.0 Å². The highest BCUT2D eigenvalue weighted by molar-refractivity contribution is 7.89. The number of sulfonamides is 1. The maximum Gasteiger partial charge on any atom is 0.243 e. The van der Waals surface area contributed by atoms with Crippen LogP contribution in [0.15, 0.2) is 47.4 Å². The van der Waals surface area contributed by atoms with Gasteiger partial charge in [-0.05, 0) is 48.9 Å². The van der Waals surface area contributed by atoms with Gasteiger partial charge in [0.1, 0.15) is 5.82 Å². The van der Waals surface area contributed by atoms with Crippen molar-refractivity contribution >= 4 is 33.0 Å². The lowest BCUT2D eigenvalue weighted by Crippen LogP contribution is -2.30. The molecule has 2 rings (SSSR count). The largest absolute Gasteiger partial charge is 0.383 e. The summed E-state index contributed by atoms with van der Waals surface area (Å²) in [6.07, 6.45) is 1.98. The maximum absolute atomic E-state index is 13.0. The minimum atomic E-state index is -3.63. The SMILES string of the molecule is CCCCNc1ccc(S(=O)(=O)N(CC)CC)cc1NCC(=O)Nc1ccc(F)cc1. The second-order valence-electron chi connectivity index (χ2n) is 6.99. The van der Waals surface area contributed by atoms with Crippen LogP contribution in [0, 0.1) is 5.82 Å². The Hall–Kier alpha value is -2.65. The van der Waals surface area contributed by atoms with Crippen LogP contribution in [0.2, 0.25) is 0 Å². The van der Waals surface area contributed by atoms with Gasteiger partial charge in [0.25, 0.3) is 0 Å². The van der Waals surface area contributed by atoms with Crippen LogP contribution in [-0.4, -0.2) is 44.8 Å². The topological polar surface area (TPSA) is 90.5 Å². The Morgan fingerprint density at radius 2 is 1.65 bits per heavy atom. The summed E-state index contributed by atoms with van der Waals surface area (Å²) in [7, 11) is -3.63. The number of unbranched alkanes of at least 4 members (excludes halogenated alkanes) is 1. The summed E-state index contributed by atoms with van der Waals surface area (Å²) < 4.78 is 40.2. The molecule has 170 valence electrons.